The molecule has 3 rings (SSSR count). The van der Waals surface area contributed by atoms with E-state index in [9.17, 15) is 5.11 Å². The van der Waals surface area contributed by atoms with Crippen molar-refractivity contribution >= 4 is 5.69 Å². The molecule has 2 atom stereocenters. The standard InChI is InChI=1S/C15H21NO/c17-15-6-2-5-14(10-15)16-13-4-1-3-12(9-13)11-7-8-11/h2,5-6,10-13,16-17H,1,3-4,7-9H2/t12-,13+/m1/s1. The molecule has 1 aromatic carbocycles. The topological polar surface area (TPSA) is 32.3 Å². The zero-order valence-corrected chi connectivity index (χ0v) is 10.2. The fraction of sp³-hybridized carbons (Fsp3) is 0.600. The van der Waals surface area contributed by atoms with Crippen LogP contribution in [-0.2, 0) is 0 Å². The summed E-state index contributed by atoms with van der Waals surface area (Å²) in [5, 5.41) is 13.0. The molecule has 0 radical (unpaired) electrons. The van der Waals surface area contributed by atoms with Gasteiger partial charge in [-0.25, -0.2) is 0 Å². The number of hydrogen-bond donors (Lipinski definition) is 2. The van der Waals surface area contributed by atoms with E-state index in [-0.39, 0.29) is 0 Å². The Morgan fingerprint density at radius 2 is 1.94 bits per heavy atom. The number of aromatic hydroxyl groups is 1. The Balaban J connectivity index is 1.60. The zero-order valence-electron chi connectivity index (χ0n) is 10.2. The number of benzene rings is 1. The Morgan fingerprint density at radius 1 is 1.06 bits per heavy atom. The molecular formula is C15H21NO. The molecule has 2 saturated carbocycles. The molecule has 0 saturated heterocycles. The second-order valence-corrected chi connectivity index (χ2v) is 5.66. The molecule has 0 aliphatic heterocycles. The quantitative estimate of drug-likeness (QED) is 0.830. The van der Waals surface area contributed by atoms with Crippen LogP contribution >= 0.6 is 0 Å². The van der Waals surface area contributed by atoms with Crippen LogP contribution < -0.4 is 5.32 Å². The second-order valence-electron chi connectivity index (χ2n) is 5.66. The molecule has 1 aromatic rings. The minimum absolute atomic E-state index is 0.351. The highest BCUT2D eigenvalue weighted by Gasteiger charge is 2.34. The first kappa shape index (κ1) is 10.9. The summed E-state index contributed by atoms with van der Waals surface area (Å²) in [6.45, 7) is 0. The van der Waals surface area contributed by atoms with Gasteiger partial charge < -0.3 is 10.4 Å². The van der Waals surface area contributed by atoms with Crippen molar-refractivity contribution in [2.45, 2.75) is 44.6 Å². The van der Waals surface area contributed by atoms with Gasteiger partial charge >= 0.3 is 0 Å². The first-order chi connectivity index (χ1) is 8.31. The van der Waals surface area contributed by atoms with Crippen LogP contribution in [0.5, 0.6) is 5.75 Å². The van der Waals surface area contributed by atoms with E-state index in [4.69, 9.17) is 0 Å². The van der Waals surface area contributed by atoms with Gasteiger partial charge in [-0.3, -0.25) is 0 Å². The van der Waals surface area contributed by atoms with Crippen LogP contribution in [0.4, 0.5) is 5.69 Å². The van der Waals surface area contributed by atoms with Crippen LogP contribution in [0.3, 0.4) is 0 Å². The molecule has 0 heterocycles. The Kier molecular flexibility index (Phi) is 2.96. The number of anilines is 1. The van der Waals surface area contributed by atoms with Gasteiger partial charge in [-0.2, -0.15) is 0 Å². The maximum absolute atomic E-state index is 9.45. The van der Waals surface area contributed by atoms with Crippen molar-refractivity contribution in [1.29, 1.82) is 0 Å². The molecular weight excluding hydrogens is 210 g/mol. The first-order valence-corrected chi connectivity index (χ1v) is 6.87. The van der Waals surface area contributed by atoms with Crippen molar-refractivity contribution in [3.05, 3.63) is 24.3 Å². The summed E-state index contributed by atoms with van der Waals surface area (Å²) in [5.41, 5.74) is 1.06. The van der Waals surface area contributed by atoms with Crippen molar-refractivity contribution in [1.82, 2.24) is 0 Å². The van der Waals surface area contributed by atoms with Gasteiger partial charge in [0.15, 0.2) is 0 Å². The van der Waals surface area contributed by atoms with Crippen molar-refractivity contribution in [2.75, 3.05) is 5.32 Å². The van der Waals surface area contributed by atoms with Crippen LogP contribution in [0.2, 0.25) is 0 Å². The Morgan fingerprint density at radius 3 is 2.71 bits per heavy atom. The summed E-state index contributed by atoms with van der Waals surface area (Å²) in [6, 6.07) is 8.09. The number of phenols is 1. The predicted molar refractivity (Wildman–Crippen MR) is 70.2 cm³/mol. The van der Waals surface area contributed by atoms with E-state index in [2.05, 4.69) is 5.32 Å². The summed E-state index contributed by atoms with van der Waals surface area (Å²) >= 11 is 0. The average Bonchev–Trinajstić information content (AvgIpc) is 3.13. The Hall–Kier alpha value is -1.18. The van der Waals surface area contributed by atoms with Gasteiger partial charge in [0, 0.05) is 17.8 Å². The lowest BCUT2D eigenvalue weighted by atomic mass is 9.82. The van der Waals surface area contributed by atoms with E-state index >= 15 is 0 Å². The van der Waals surface area contributed by atoms with Crippen LogP contribution in [0.1, 0.15) is 38.5 Å². The number of nitrogens with one attached hydrogen (secondary N) is 1. The molecule has 0 bridgehead atoms. The molecule has 2 aliphatic carbocycles. The van der Waals surface area contributed by atoms with E-state index in [1.54, 1.807) is 6.07 Å². The van der Waals surface area contributed by atoms with Gasteiger partial charge in [-0.05, 0) is 49.7 Å². The molecule has 2 aliphatic rings. The maximum atomic E-state index is 9.45. The highest BCUT2D eigenvalue weighted by atomic mass is 16.3. The number of rotatable bonds is 3. The number of hydrogen-bond acceptors (Lipinski definition) is 2. The van der Waals surface area contributed by atoms with Crippen molar-refractivity contribution < 1.29 is 5.11 Å². The molecule has 17 heavy (non-hydrogen) atoms. The fourth-order valence-electron chi connectivity index (χ4n) is 3.19. The lowest BCUT2D eigenvalue weighted by Gasteiger charge is -2.30. The third-order valence-corrected chi connectivity index (χ3v) is 4.22. The van der Waals surface area contributed by atoms with Gasteiger partial charge in [-0.15, -0.1) is 0 Å². The van der Waals surface area contributed by atoms with Crippen molar-refractivity contribution in [2.24, 2.45) is 11.8 Å². The largest absolute Gasteiger partial charge is 0.508 e. The molecule has 2 fully saturated rings. The lowest BCUT2D eigenvalue weighted by Crippen LogP contribution is -2.28. The molecule has 0 aromatic heterocycles. The van der Waals surface area contributed by atoms with Crippen LogP contribution in [0, 0.1) is 11.8 Å². The van der Waals surface area contributed by atoms with Gasteiger partial charge in [0.1, 0.15) is 5.75 Å². The van der Waals surface area contributed by atoms with Gasteiger partial charge in [0.2, 0.25) is 0 Å². The van der Waals surface area contributed by atoms with Crippen molar-refractivity contribution in [3.63, 3.8) is 0 Å². The lowest BCUT2D eigenvalue weighted by molar-refractivity contribution is 0.303. The predicted octanol–water partition coefficient (Wildman–Crippen LogP) is 3.77. The smallest absolute Gasteiger partial charge is 0.117 e. The summed E-state index contributed by atoms with van der Waals surface area (Å²) in [4.78, 5) is 0. The minimum Gasteiger partial charge on any atom is -0.508 e. The van der Waals surface area contributed by atoms with Crippen LogP contribution in [-0.4, -0.2) is 11.1 Å². The van der Waals surface area contributed by atoms with E-state index in [1.807, 2.05) is 18.2 Å². The summed E-state index contributed by atoms with van der Waals surface area (Å²) < 4.78 is 0. The summed E-state index contributed by atoms with van der Waals surface area (Å²) in [6.07, 6.45) is 8.31. The van der Waals surface area contributed by atoms with E-state index in [0.717, 1.165) is 17.5 Å². The summed E-state index contributed by atoms with van der Waals surface area (Å²) in [7, 11) is 0. The van der Waals surface area contributed by atoms with Crippen LogP contribution in [0.15, 0.2) is 24.3 Å². The molecule has 0 amide bonds. The highest BCUT2D eigenvalue weighted by Crippen LogP contribution is 2.44. The minimum atomic E-state index is 0.351. The molecule has 0 spiro atoms. The van der Waals surface area contributed by atoms with E-state index in [1.165, 1.54) is 38.5 Å². The van der Waals surface area contributed by atoms with Gasteiger partial charge in [-0.1, -0.05) is 18.9 Å². The van der Waals surface area contributed by atoms with E-state index < -0.39 is 0 Å². The first-order valence-electron chi connectivity index (χ1n) is 6.87. The zero-order chi connectivity index (χ0) is 11.7. The molecule has 2 nitrogen and oxygen atoms in total. The summed E-state index contributed by atoms with van der Waals surface area (Å²) in [5.74, 6) is 2.34. The maximum Gasteiger partial charge on any atom is 0.117 e. The SMILES string of the molecule is Oc1cccc(N[C@H]2CCC[C@@H](C3CC3)C2)c1. The molecule has 2 N–H and O–H groups in total. The third kappa shape index (κ3) is 2.74. The normalized spacial score (nSPS) is 28.9. The molecule has 0 unspecified atom stereocenters. The number of phenolic OH excluding ortho intramolecular Hbond substituents is 1. The van der Waals surface area contributed by atoms with Gasteiger partial charge in [0.05, 0.1) is 0 Å². The molecule has 2 heteroatoms. The monoisotopic (exact) mass is 231 g/mol. The third-order valence-electron chi connectivity index (χ3n) is 4.22. The average molecular weight is 231 g/mol. The van der Waals surface area contributed by atoms with E-state index in [0.29, 0.717) is 11.8 Å². The Labute approximate surface area is 103 Å². The molecule has 92 valence electrons. The van der Waals surface area contributed by atoms with Crippen LogP contribution in [0.25, 0.3) is 0 Å². The van der Waals surface area contributed by atoms with Crippen molar-refractivity contribution in [3.8, 4) is 5.75 Å². The fourth-order valence-corrected chi connectivity index (χ4v) is 3.19. The van der Waals surface area contributed by atoms with Gasteiger partial charge in [0.25, 0.3) is 0 Å². The second kappa shape index (κ2) is 4.59. The Bertz CT molecular complexity index is 386. The highest BCUT2D eigenvalue weighted by molar-refractivity contribution is 5.48.